The summed E-state index contributed by atoms with van der Waals surface area (Å²) in [5.74, 6) is 2.65. The molecule has 23 heavy (non-hydrogen) atoms. The Labute approximate surface area is 137 Å². The smallest absolute Gasteiger partial charge is 0.224 e. The maximum Gasteiger partial charge on any atom is 0.224 e. The van der Waals surface area contributed by atoms with Crippen molar-refractivity contribution in [2.45, 2.75) is 26.2 Å². The van der Waals surface area contributed by atoms with E-state index in [1.165, 1.54) is 18.4 Å². The van der Waals surface area contributed by atoms with Crippen LogP contribution in [-0.2, 0) is 6.42 Å². The highest BCUT2D eigenvalue weighted by Crippen LogP contribution is 2.20. The Hall–Kier alpha value is -2.30. The van der Waals surface area contributed by atoms with Gasteiger partial charge in [-0.3, -0.25) is 0 Å². The lowest BCUT2D eigenvalue weighted by Crippen LogP contribution is -2.20. The normalized spacial score (nSPS) is 14.1. The summed E-state index contributed by atoms with van der Waals surface area (Å²) in [6.07, 6.45) is 3.41. The number of nitrogens with one attached hydrogen (secondary N) is 1. The Balaban J connectivity index is 1.61. The van der Waals surface area contributed by atoms with Crippen LogP contribution >= 0.6 is 0 Å². The Morgan fingerprint density at radius 3 is 2.78 bits per heavy atom. The zero-order valence-electron chi connectivity index (χ0n) is 13.9. The van der Waals surface area contributed by atoms with Crippen molar-refractivity contribution in [3.63, 3.8) is 0 Å². The maximum absolute atomic E-state index is 5.26. The molecular weight excluding hydrogens is 288 g/mol. The lowest BCUT2D eigenvalue weighted by Gasteiger charge is -2.17. The van der Waals surface area contributed by atoms with Crippen molar-refractivity contribution in [3.8, 4) is 5.75 Å². The number of ether oxygens (including phenoxy) is 1. The molecule has 5 nitrogen and oxygen atoms in total. The van der Waals surface area contributed by atoms with Crippen molar-refractivity contribution >= 4 is 11.8 Å². The largest absolute Gasteiger partial charge is 0.497 e. The third-order valence-electron chi connectivity index (χ3n) is 4.10. The second-order valence-electron chi connectivity index (χ2n) is 5.91. The van der Waals surface area contributed by atoms with Gasteiger partial charge in [0.2, 0.25) is 5.95 Å². The molecule has 0 bridgehead atoms. The average Bonchev–Trinajstić information content (AvgIpc) is 3.09. The van der Waals surface area contributed by atoms with Crippen LogP contribution in [0.25, 0.3) is 0 Å². The molecule has 0 atom stereocenters. The highest BCUT2D eigenvalue weighted by atomic mass is 16.5. The monoisotopic (exact) mass is 312 g/mol. The van der Waals surface area contributed by atoms with Crippen LogP contribution in [0.15, 0.2) is 30.3 Å². The summed E-state index contributed by atoms with van der Waals surface area (Å²) in [7, 11) is 1.69. The van der Waals surface area contributed by atoms with Crippen LogP contribution < -0.4 is 15.0 Å². The van der Waals surface area contributed by atoms with Gasteiger partial charge in [0, 0.05) is 31.4 Å². The fourth-order valence-electron chi connectivity index (χ4n) is 2.89. The van der Waals surface area contributed by atoms with Gasteiger partial charge in [0.1, 0.15) is 11.6 Å². The van der Waals surface area contributed by atoms with Crippen LogP contribution in [0.4, 0.5) is 11.8 Å². The predicted molar refractivity (Wildman–Crippen MR) is 93.4 cm³/mol. The molecular formula is C18H24N4O. The molecule has 1 fully saturated rings. The van der Waals surface area contributed by atoms with E-state index in [0.717, 1.165) is 49.3 Å². The number of rotatable bonds is 6. The van der Waals surface area contributed by atoms with Gasteiger partial charge in [-0.25, -0.2) is 4.98 Å². The van der Waals surface area contributed by atoms with E-state index >= 15 is 0 Å². The van der Waals surface area contributed by atoms with E-state index in [1.807, 2.05) is 19.1 Å². The number of anilines is 2. The van der Waals surface area contributed by atoms with Crippen molar-refractivity contribution in [2.24, 2.45) is 0 Å². The van der Waals surface area contributed by atoms with Crippen LogP contribution in [-0.4, -0.2) is 36.7 Å². The van der Waals surface area contributed by atoms with Crippen molar-refractivity contribution in [3.05, 3.63) is 41.6 Å². The van der Waals surface area contributed by atoms with Gasteiger partial charge in [-0.2, -0.15) is 4.98 Å². The number of hydrogen-bond acceptors (Lipinski definition) is 5. The summed E-state index contributed by atoms with van der Waals surface area (Å²) >= 11 is 0. The molecule has 2 heterocycles. The zero-order chi connectivity index (χ0) is 16.1. The SMILES string of the molecule is COc1cccc(CCNc2nc(C)cc(N3CCCC3)n2)c1. The molecule has 1 aromatic heterocycles. The highest BCUT2D eigenvalue weighted by molar-refractivity contribution is 5.45. The van der Waals surface area contributed by atoms with Crippen molar-refractivity contribution in [2.75, 3.05) is 37.0 Å². The van der Waals surface area contributed by atoms with Crippen molar-refractivity contribution in [1.29, 1.82) is 0 Å². The molecule has 0 spiro atoms. The van der Waals surface area contributed by atoms with Gasteiger partial charge < -0.3 is 15.0 Å². The van der Waals surface area contributed by atoms with Gasteiger partial charge in [0.05, 0.1) is 7.11 Å². The first kappa shape index (κ1) is 15.6. The van der Waals surface area contributed by atoms with Gasteiger partial charge in [-0.1, -0.05) is 12.1 Å². The number of aromatic nitrogens is 2. The first-order chi connectivity index (χ1) is 11.2. The number of aryl methyl sites for hydroxylation is 1. The first-order valence-electron chi connectivity index (χ1n) is 8.22. The third-order valence-corrected chi connectivity index (χ3v) is 4.10. The maximum atomic E-state index is 5.26. The minimum Gasteiger partial charge on any atom is -0.497 e. The van der Waals surface area contributed by atoms with Gasteiger partial charge in [0.15, 0.2) is 0 Å². The molecule has 1 aromatic carbocycles. The number of methoxy groups -OCH3 is 1. The topological polar surface area (TPSA) is 50.3 Å². The number of benzene rings is 1. The summed E-state index contributed by atoms with van der Waals surface area (Å²) < 4.78 is 5.26. The minimum atomic E-state index is 0.717. The van der Waals surface area contributed by atoms with Crippen LogP contribution in [0, 0.1) is 6.92 Å². The Morgan fingerprint density at radius 2 is 2.00 bits per heavy atom. The fourth-order valence-corrected chi connectivity index (χ4v) is 2.89. The van der Waals surface area contributed by atoms with Crippen molar-refractivity contribution in [1.82, 2.24) is 9.97 Å². The van der Waals surface area contributed by atoms with Crippen LogP contribution in [0.5, 0.6) is 5.75 Å². The molecule has 3 rings (SSSR count). The van der Waals surface area contributed by atoms with E-state index in [2.05, 4.69) is 38.4 Å². The summed E-state index contributed by atoms with van der Waals surface area (Å²) in [6, 6.07) is 10.2. The number of hydrogen-bond donors (Lipinski definition) is 1. The Kier molecular flexibility index (Phi) is 4.95. The van der Waals surface area contributed by atoms with Gasteiger partial charge >= 0.3 is 0 Å². The standard InChI is InChI=1S/C18H24N4O/c1-14-12-17(22-10-3-4-11-22)21-18(20-14)19-9-8-15-6-5-7-16(13-15)23-2/h5-7,12-13H,3-4,8-11H2,1-2H3,(H,19,20,21). The van der Waals surface area contributed by atoms with Crippen molar-refractivity contribution < 1.29 is 4.74 Å². The third kappa shape index (κ3) is 4.12. The van der Waals surface area contributed by atoms with Gasteiger partial charge in [-0.15, -0.1) is 0 Å². The molecule has 1 aliphatic heterocycles. The highest BCUT2D eigenvalue weighted by Gasteiger charge is 2.14. The van der Waals surface area contributed by atoms with Crippen LogP contribution in [0.2, 0.25) is 0 Å². The summed E-state index contributed by atoms with van der Waals surface area (Å²) in [5.41, 5.74) is 2.25. The summed E-state index contributed by atoms with van der Waals surface area (Å²) in [5, 5.41) is 3.35. The Bertz CT molecular complexity index is 653. The van der Waals surface area contributed by atoms with E-state index in [1.54, 1.807) is 7.11 Å². The van der Waals surface area contributed by atoms with Gasteiger partial charge in [0.25, 0.3) is 0 Å². The summed E-state index contributed by atoms with van der Waals surface area (Å²) in [4.78, 5) is 11.5. The molecule has 0 radical (unpaired) electrons. The summed E-state index contributed by atoms with van der Waals surface area (Å²) in [6.45, 7) is 5.02. The van der Waals surface area contributed by atoms with E-state index < -0.39 is 0 Å². The quantitative estimate of drug-likeness (QED) is 0.888. The first-order valence-corrected chi connectivity index (χ1v) is 8.22. The molecule has 0 saturated carbocycles. The zero-order valence-corrected chi connectivity index (χ0v) is 13.9. The molecule has 0 aliphatic carbocycles. The lowest BCUT2D eigenvalue weighted by molar-refractivity contribution is 0.414. The van der Waals surface area contributed by atoms with E-state index in [4.69, 9.17) is 4.74 Å². The molecule has 5 heteroatoms. The molecule has 122 valence electrons. The lowest BCUT2D eigenvalue weighted by atomic mass is 10.1. The second-order valence-corrected chi connectivity index (χ2v) is 5.91. The molecule has 1 saturated heterocycles. The molecule has 1 aliphatic rings. The molecule has 0 amide bonds. The molecule has 2 aromatic rings. The second kappa shape index (κ2) is 7.31. The van der Waals surface area contributed by atoms with E-state index in [9.17, 15) is 0 Å². The van der Waals surface area contributed by atoms with Crippen LogP contribution in [0.3, 0.4) is 0 Å². The van der Waals surface area contributed by atoms with E-state index in [-0.39, 0.29) is 0 Å². The fraction of sp³-hybridized carbons (Fsp3) is 0.444. The number of nitrogens with zero attached hydrogens (tertiary/aromatic N) is 3. The van der Waals surface area contributed by atoms with Crippen LogP contribution in [0.1, 0.15) is 24.1 Å². The molecule has 1 N–H and O–H groups in total. The minimum absolute atomic E-state index is 0.717. The predicted octanol–water partition coefficient (Wildman–Crippen LogP) is 3.05. The molecule has 0 unspecified atom stereocenters. The Morgan fingerprint density at radius 1 is 1.17 bits per heavy atom. The van der Waals surface area contributed by atoms with Gasteiger partial charge in [-0.05, 0) is 43.9 Å². The average molecular weight is 312 g/mol. The van der Waals surface area contributed by atoms with E-state index in [0.29, 0.717) is 0 Å².